The van der Waals surface area contributed by atoms with Crippen molar-refractivity contribution in [3.8, 4) is 0 Å². The summed E-state index contributed by atoms with van der Waals surface area (Å²) in [6.07, 6.45) is 5.38. The van der Waals surface area contributed by atoms with Gasteiger partial charge < -0.3 is 10.3 Å². The summed E-state index contributed by atoms with van der Waals surface area (Å²) in [4.78, 5) is 20.2. The van der Waals surface area contributed by atoms with Gasteiger partial charge in [-0.05, 0) is 54.9 Å². The molecule has 0 atom stereocenters. The summed E-state index contributed by atoms with van der Waals surface area (Å²) >= 11 is 0. The molecule has 148 valence electrons. The maximum absolute atomic E-state index is 11.6. The molecule has 0 spiro atoms. The van der Waals surface area contributed by atoms with Crippen LogP contribution in [0.25, 0.3) is 10.9 Å². The Hall–Kier alpha value is -2.82. The van der Waals surface area contributed by atoms with Crippen LogP contribution in [-0.2, 0) is 17.7 Å². The molecule has 0 saturated carbocycles. The van der Waals surface area contributed by atoms with E-state index in [1.54, 1.807) is 6.07 Å². The molecule has 0 saturated heterocycles. The van der Waals surface area contributed by atoms with Crippen LogP contribution in [0.1, 0.15) is 37.0 Å². The highest BCUT2D eigenvalue weighted by molar-refractivity contribution is 5.86. The second kappa shape index (κ2) is 8.91. The second-order valence-corrected chi connectivity index (χ2v) is 7.70. The number of aromatic amines is 1. The average molecular weight is 381 g/mol. The van der Waals surface area contributed by atoms with Crippen molar-refractivity contribution in [2.75, 3.05) is 19.0 Å². The van der Waals surface area contributed by atoms with Crippen molar-refractivity contribution >= 4 is 22.3 Å². The lowest BCUT2D eigenvalue weighted by molar-refractivity contribution is -0.736. The number of anilines is 1. The topological polar surface area (TPSA) is 57.1 Å². The van der Waals surface area contributed by atoms with Gasteiger partial charge in [0, 0.05) is 41.5 Å². The number of hydrogen-bond acceptors (Lipinski definition) is 3. The van der Waals surface area contributed by atoms with Crippen molar-refractivity contribution in [3.05, 3.63) is 64.2 Å². The zero-order valence-electron chi connectivity index (χ0n) is 17.2. The zero-order chi connectivity index (χ0) is 20.1. The Morgan fingerprint density at radius 2 is 1.96 bits per heavy atom. The molecule has 3 aromatic rings. The number of benzene rings is 2. The molecular weight excluding hydrogens is 350 g/mol. The molecule has 0 aliphatic heterocycles. The molecule has 2 aromatic carbocycles. The maximum Gasteiger partial charge on any atom is 0.317 e. The summed E-state index contributed by atoms with van der Waals surface area (Å²) in [5, 5.41) is 4.80. The van der Waals surface area contributed by atoms with Crippen LogP contribution in [0.2, 0.25) is 0 Å². The molecule has 1 aromatic heterocycles. The minimum absolute atomic E-state index is 0.496. The Bertz CT molecular complexity index is 960. The predicted molar refractivity (Wildman–Crippen MR) is 115 cm³/mol. The molecule has 0 aliphatic rings. The van der Waals surface area contributed by atoms with Crippen molar-refractivity contribution < 1.29 is 9.76 Å². The highest BCUT2D eigenvalue weighted by atomic mass is 16.8. The molecule has 3 rings (SSSR count). The normalized spacial score (nSPS) is 11.2. The standard InChI is InChI=1S/C23H30N3O2/c1-16(2)8-9-18-6-5-7-21-19(15-25-23(18)21)12-13-24-22-11-10-20(14-17(22)3)26(27)28-4/h5-7,10-11,14-16,24-25H,8-9,12-13H2,1-4H3/q+1. The van der Waals surface area contributed by atoms with E-state index in [0.717, 1.165) is 30.6 Å². The maximum atomic E-state index is 11.6. The SMILES string of the molecule is CO[N+](=O)c1ccc(NCCc2c[nH]c3c(CCC(C)C)cccc23)c(C)c1. The molecule has 5 heteroatoms. The molecule has 2 N–H and O–H groups in total. The lowest BCUT2D eigenvalue weighted by Gasteiger charge is -2.09. The Balaban J connectivity index is 1.66. The van der Waals surface area contributed by atoms with E-state index in [1.807, 2.05) is 19.1 Å². The van der Waals surface area contributed by atoms with Crippen LogP contribution in [0.4, 0.5) is 11.4 Å². The lowest BCUT2D eigenvalue weighted by Crippen LogP contribution is -2.06. The number of rotatable bonds is 9. The third-order valence-corrected chi connectivity index (χ3v) is 5.17. The third-order valence-electron chi connectivity index (χ3n) is 5.17. The van der Waals surface area contributed by atoms with Gasteiger partial charge in [0.15, 0.2) is 7.11 Å². The molecule has 5 nitrogen and oxygen atoms in total. The Labute approximate surface area is 166 Å². The predicted octanol–water partition coefficient (Wildman–Crippen LogP) is 5.69. The first-order valence-electron chi connectivity index (χ1n) is 9.93. The zero-order valence-corrected chi connectivity index (χ0v) is 17.2. The van der Waals surface area contributed by atoms with Gasteiger partial charge in [0.25, 0.3) is 4.92 Å². The molecule has 0 amide bonds. The fourth-order valence-corrected chi connectivity index (χ4v) is 3.53. The highest BCUT2D eigenvalue weighted by Gasteiger charge is 2.15. The summed E-state index contributed by atoms with van der Waals surface area (Å²) in [7, 11) is 1.37. The van der Waals surface area contributed by atoms with Crippen LogP contribution in [0.15, 0.2) is 42.6 Å². The minimum Gasteiger partial charge on any atom is -0.384 e. The van der Waals surface area contributed by atoms with Crippen molar-refractivity contribution in [2.45, 2.75) is 40.0 Å². The first kappa shape index (κ1) is 19.9. The van der Waals surface area contributed by atoms with Gasteiger partial charge in [-0.25, -0.2) is 4.84 Å². The van der Waals surface area contributed by atoms with E-state index in [0.29, 0.717) is 16.5 Å². The highest BCUT2D eigenvalue weighted by Crippen LogP contribution is 2.25. The quantitative estimate of drug-likeness (QED) is 0.469. The average Bonchev–Trinajstić information content (AvgIpc) is 3.10. The lowest BCUT2D eigenvalue weighted by atomic mass is 10.00. The van der Waals surface area contributed by atoms with Crippen molar-refractivity contribution in [2.24, 2.45) is 5.92 Å². The number of H-pyrrole nitrogens is 1. The van der Waals surface area contributed by atoms with Crippen molar-refractivity contribution in [3.63, 3.8) is 0 Å². The van der Waals surface area contributed by atoms with E-state index in [2.05, 4.69) is 48.5 Å². The molecule has 1 heterocycles. The van der Waals surface area contributed by atoms with Crippen LogP contribution < -0.4 is 5.32 Å². The van der Waals surface area contributed by atoms with Crippen LogP contribution in [0, 0.1) is 17.7 Å². The molecule has 0 radical (unpaired) electrons. The number of para-hydroxylation sites is 1. The Morgan fingerprint density at radius 1 is 1.14 bits per heavy atom. The number of nitrogens with zero attached hydrogens (tertiary/aromatic N) is 1. The Kier molecular flexibility index (Phi) is 6.34. The molecule has 28 heavy (non-hydrogen) atoms. The van der Waals surface area contributed by atoms with E-state index in [4.69, 9.17) is 4.84 Å². The van der Waals surface area contributed by atoms with Crippen molar-refractivity contribution in [1.82, 2.24) is 4.98 Å². The van der Waals surface area contributed by atoms with Gasteiger partial charge in [0.2, 0.25) is 0 Å². The molecule has 0 unspecified atom stereocenters. The number of hydrogen-bond donors (Lipinski definition) is 2. The van der Waals surface area contributed by atoms with Crippen LogP contribution in [0.5, 0.6) is 0 Å². The Morgan fingerprint density at radius 3 is 2.68 bits per heavy atom. The van der Waals surface area contributed by atoms with Gasteiger partial charge >= 0.3 is 5.69 Å². The molecule has 0 fully saturated rings. The van der Waals surface area contributed by atoms with Gasteiger partial charge in [0.05, 0.1) is 4.91 Å². The summed E-state index contributed by atoms with van der Waals surface area (Å²) in [5.41, 5.74) is 6.55. The smallest absolute Gasteiger partial charge is 0.317 e. The van der Waals surface area contributed by atoms with Crippen LogP contribution in [0.3, 0.4) is 0 Å². The second-order valence-electron chi connectivity index (χ2n) is 7.70. The number of aromatic nitrogens is 1. The van der Waals surface area contributed by atoms with Gasteiger partial charge in [-0.15, -0.1) is 0 Å². The summed E-state index contributed by atoms with van der Waals surface area (Å²) in [6.45, 7) is 7.35. The van der Waals surface area contributed by atoms with E-state index in [-0.39, 0.29) is 0 Å². The van der Waals surface area contributed by atoms with Gasteiger partial charge in [-0.3, -0.25) is 0 Å². The number of nitrogens with one attached hydrogen (secondary N) is 2. The summed E-state index contributed by atoms with van der Waals surface area (Å²) in [5.74, 6) is 0.709. The van der Waals surface area contributed by atoms with Crippen LogP contribution >= 0.6 is 0 Å². The van der Waals surface area contributed by atoms with E-state index in [1.165, 1.54) is 35.6 Å². The van der Waals surface area contributed by atoms with Gasteiger partial charge in [-0.1, -0.05) is 32.0 Å². The van der Waals surface area contributed by atoms with E-state index >= 15 is 0 Å². The summed E-state index contributed by atoms with van der Waals surface area (Å²) in [6, 6.07) is 12.1. The first-order valence-corrected chi connectivity index (χ1v) is 9.93. The fraction of sp³-hybridized carbons (Fsp3) is 0.391. The monoisotopic (exact) mass is 380 g/mol. The molecular formula is C23H30N3O2+. The fourth-order valence-electron chi connectivity index (χ4n) is 3.53. The van der Waals surface area contributed by atoms with Crippen molar-refractivity contribution in [1.29, 1.82) is 0 Å². The van der Waals surface area contributed by atoms with Gasteiger partial charge in [0.1, 0.15) is 0 Å². The van der Waals surface area contributed by atoms with E-state index in [9.17, 15) is 4.91 Å². The molecule has 0 aliphatic carbocycles. The minimum atomic E-state index is 0.496. The van der Waals surface area contributed by atoms with Gasteiger partial charge in [-0.2, -0.15) is 0 Å². The third kappa shape index (κ3) is 4.53. The largest absolute Gasteiger partial charge is 0.384 e. The number of aryl methyl sites for hydroxylation is 2. The first-order chi connectivity index (χ1) is 13.5. The van der Waals surface area contributed by atoms with Crippen LogP contribution in [-0.4, -0.2) is 23.6 Å². The number of fused-ring (bicyclic) bond motifs is 1. The molecule has 0 bridgehead atoms. The summed E-state index contributed by atoms with van der Waals surface area (Å²) < 4.78 is 0. The van der Waals surface area contributed by atoms with E-state index < -0.39 is 0 Å².